The average Bonchev–Trinajstić information content (AvgIpc) is 3.23. The largest absolute Gasteiger partial charge is 0.506 e. The van der Waals surface area contributed by atoms with Gasteiger partial charge in [-0.25, -0.2) is 14.4 Å². The number of aromatic hydroxyl groups is 1. The number of phenols is 1. The van der Waals surface area contributed by atoms with E-state index < -0.39 is 0 Å². The lowest BCUT2D eigenvalue weighted by molar-refractivity contribution is 0.369. The molecule has 32 heavy (non-hydrogen) atoms. The number of aryl methyl sites for hydroxylation is 1. The number of aromatic nitrogens is 2. The quantitative estimate of drug-likeness (QED) is 0.474. The molecule has 168 valence electrons. The van der Waals surface area contributed by atoms with Gasteiger partial charge in [-0.3, -0.25) is 0 Å². The standard InChI is InChI=1S/C24H29FN6O/c1-3-26-24(30-14-12-29(13-15-30)22-6-4-5-7-23(22)32)28-17-19-8-9-21(20(25)16-19)31-11-10-27-18(31)2/h4-11,16,32H,3,12-15,17H2,1-2H3,(H,26,28). The number of hydrogen-bond donors (Lipinski definition) is 2. The van der Waals surface area contributed by atoms with Crippen LogP contribution in [0.5, 0.6) is 5.75 Å². The van der Waals surface area contributed by atoms with E-state index in [9.17, 15) is 9.50 Å². The second kappa shape index (κ2) is 9.72. The van der Waals surface area contributed by atoms with Gasteiger partial charge in [-0.2, -0.15) is 0 Å². The van der Waals surface area contributed by atoms with Gasteiger partial charge in [0.2, 0.25) is 0 Å². The van der Waals surface area contributed by atoms with Crippen molar-refractivity contribution in [2.75, 3.05) is 37.6 Å². The van der Waals surface area contributed by atoms with Crippen LogP contribution in [0.4, 0.5) is 10.1 Å². The van der Waals surface area contributed by atoms with Gasteiger partial charge in [0, 0.05) is 45.1 Å². The van der Waals surface area contributed by atoms with Crippen LogP contribution >= 0.6 is 0 Å². The number of nitrogens with one attached hydrogen (secondary N) is 1. The molecule has 0 amide bonds. The summed E-state index contributed by atoms with van der Waals surface area (Å²) in [7, 11) is 0. The van der Waals surface area contributed by atoms with Crippen molar-refractivity contribution in [3.8, 4) is 11.4 Å². The zero-order chi connectivity index (χ0) is 22.5. The number of aliphatic imine (C=N–C) groups is 1. The summed E-state index contributed by atoms with van der Waals surface area (Å²) in [4.78, 5) is 13.3. The number of imidazole rings is 1. The maximum Gasteiger partial charge on any atom is 0.194 e. The molecule has 0 unspecified atom stereocenters. The smallest absolute Gasteiger partial charge is 0.194 e. The molecule has 2 heterocycles. The molecule has 0 radical (unpaired) electrons. The molecule has 8 heteroatoms. The second-order valence-electron chi connectivity index (χ2n) is 7.76. The van der Waals surface area contributed by atoms with E-state index >= 15 is 0 Å². The van der Waals surface area contributed by atoms with E-state index in [0.29, 0.717) is 18.0 Å². The predicted octanol–water partition coefficient (Wildman–Crippen LogP) is 3.31. The molecule has 0 atom stereocenters. The number of phenolic OH excluding ortho intramolecular Hbond substituents is 1. The fraction of sp³-hybridized carbons (Fsp3) is 0.333. The van der Waals surface area contributed by atoms with Gasteiger partial charge in [0.25, 0.3) is 0 Å². The second-order valence-corrected chi connectivity index (χ2v) is 7.76. The Balaban J connectivity index is 1.43. The molecule has 1 aliphatic heterocycles. The average molecular weight is 437 g/mol. The summed E-state index contributed by atoms with van der Waals surface area (Å²) in [6.45, 7) is 8.18. The highest BCUT2D eigenvalue weighted by molar-refractivity contribution is 5.80. The summed E-state index contributed by atoms with van der Waals surface area (Å²) in [6, 6.07) is 12.6. The Morgan fingerprint density at radius 3 is 2.56 bits per heavy atom. The zero-order valence-electron chi connectivity index (χ0n) is 18.5. The molecule has 1 aliphatic rings. The van der Waals surface area contributed by atoms with Gasteiger partial charge in [-0.05, 0) is 43.7 Å². The van der Waals surface area contributed by atoms with E-state index in [2.05, 4.69) is 20.1 Å². The summed E-state index contributed by atoms with van der Waals surface area (Å²) in [5.41, 5.74) is 2.16. The van der Waals surface area contributed by atoms with Crippen molar-refractivity contribution in [2.24, 2.45) is 4.99 Å². The van der Waals surface area contributed by atoms with E-state index in [4.69, 9.17) is 4.99 Å². The van der Waals surface area contributed by atoms with Crippen LogP contribution in [-0.4, -0.2) is 58.2 Å². The van der Waals surface area contributed by atoms with Crippen molar-refractivity contribution < 1.29 is 9.50 Å². The molecule has 0 aliphatic carbocycles. The third-order valence-electron chi connectivity index (χ3n) is 5.65. The lowest BCUT2D eigenvalue weighted by Gasteiger charge is -2.37. The Morgan fingerprint density at radius 2 is 1.91 bits per heavy atom. The first-order valence-corrected chi connectivity index (χ1v) is 10.9. The van der Waals surface area contributed by atoms with Gasteiger partial charge in [-0.15, -0.1) is 0 Å². The number of benzene rings is 2. The molecule has 0 bridgehead atoms. The summed E-state index contributed by atoms with van der Waals surface area (Å²) >= 11 is 0. The number of para-hydroxylation sites is 2. The summed E-state index contributed by atoms with van der Waals surface area (Å²) in [5.74, 6) is 1.57. The Labute approximate surface area is 187 Å². The molecule has 2 N–H and O–H groups in total. The molecule has 2 aromatic carbocycles. The Kier molecular flexibility index (Phi) is 6.58. The van der Waals surface area contributed by atoms with Gasteiger partial charge in [0.05, 0.1) is 17.9 Å². The number of hydrogen-bond acceptors (Lipinski definition) is 4. The van der Waals surface area contributed by atoms with Crippen molar-refractivity contribution in [1.82, 2.24) is 19.8 Å². The number of nitrogens with zero attached hydrogens (tertiary/aromatic N) is 5. The highest BCUT2D eigenvalue weighted by atomic mass is 19.1. The van der Waals surface area contributed by atoms with E-state index in [1.165, 1.54) is 6.07 Å². The van der Waals surface area contributed by atoms with Gasteiger partial charge in [-0.1, -0.05) is 18.2 Å². The van der Waals surface area contributed by atoms with Crippen LogP contribution in [0, 0.1) is 12.7 Å². The molecule has 7 nitrogen and oxygen atoms in total. The van der Waals surface area contributed by atoms with Crippen molar-refractivity contribution in [2.45, 2.75) is 20.4 Å². The Hall–Kier alpha value is -3.55. The minimum Gasteiger partial charge on any atom is -0.506 e. The van der Waals surface area contributed by atoms with Gasteiger partial charge >= 0.3 is 0 Å². The highest BCUT2D eigenvalue weighted by Gasteiger charge is 2.21. The summed E-state index contributed by atoms with van der Waals surface area (Å²) < 4.78 is 16.4. The zero-order valence-corrected chi connectivity index (χ0v) is 18.5. The van der Waals surface area contributed by atoms with Crippen molar-refractivity contribution >= 4 is 11.6 Å². The van der Waals surface area contributed by atoms with Crippen LogP contribution in [0.15, 0.2) is 59.9 Å². The van der Waals surface area contributed by atoms with Crippen LogP contribution in [0.1, 0.15) is 18.3 Å². The number of rotatable bonds is 5. The maximum absolute atomic E-state index is 14.7. The third kappa shape index (κ3) is 4.69. The number of anilines is 1. The minimum atomic E-state index is -0.292. The first-order chi connectivity index (χ1) is 15.6. The summed E-state index contributed by atoms with van der Waals surface area (Å²) in [6.07, 6.45) is 3.41. The monoisotopic (exact) mass is 436 g/mol. The number of piperazine rings is 1. The van der Waals surface area contributed by atoms with E-state index in [0.717, 1.165) is 55.8 Å². The molecular formula is C24H29FN6O. The molecule has 4 rings (SSSR count). The van der Waals surface area contributed by atoms with Gasteiger partial charge < -0.3 is 24.8 Å². The molecule has 1 aromatic heterocycles. The third-order valence-corrected chi connectivity index (χ3v) is 5.65. The fourth-order valence-electron chi connectivity index (χ4n) is 3.96. The molecule has 0 spiro atoms. The van der Waals surface area contributed by atoms with Crippen molar-refractivity contribution in [3.63, 3.8) is 0 Å². The SMILES string of the molecule is CCNC(=NCc1ccc(-n2ccnc2C)c(F)c1)N1CCN(c2ccccc2O)CC1. The number of guanidine groups is 1. The molecule has 3 aromatic rings. The van der Waals surface area contributed by atoms with E-state index in [1.807, 2.05) is 38.1 Å². The van der Waals surface area contributed by atoms with E-state index in [1.54, 1.807) is 29.1 Å². The fourth-order valence-corrected chi connectivity index (χ4v) is 3.96. The summed E-state index contributed by atoms with van der Waals surface area (Å²) in [5, 5.41) is 13.5. The van der Waals surface area contributed by atoms with Gasteiger partial charge in [0.15, 0.2) is 5.96 Å². The first-order valence-electron chi connectivity index (χ1n) is 10.9. The molecule has 0 saturated carbocycles. The van der Waals surface area contributed by atoms with Crippen molar-refractivity contribution in [3.05, 3.63) is 72.1 Å². The minimum absolute atomic E-state index is 0.292. The van der Waals surface area contributed by atoms with Gasteiger partial charge in [0.1, 0.15) is 17.4 Å². The van der Waals surface area contributed by atoms with Crippen LogP contribution in [0.25, 0.3) is 5.69 Å². The first kappa shape index (κ1) is 21.7. The van der Waals surface area contributed by atoms with Crippen molar-refractivity contribution in [1.29, 1.82) is 0 Å². The molecule has 1 fully saturated rings. The lowest BCUT2D eigenvalue weighted by atomic mass is 10.2. The molecule has 1 saturated heterocycles. The Bertz CT molecular complexity index is 1090. The van der Waals surface area contributed by atoms with Crippen LogP contribution in [-0.2, 0) is 6.54 Å². The highest BCUT2D eigenvalue weighted by Crippen LogP contribution is 2.27. The van der Waals surface area contributed by atoms with E-state index in [-0.39, 0.29) is 5.82 Å². The van der Waals surface area contributed by atoms with Crippen LogP contribution in [0.3, 0.4) is 0 Å². The van der Waals surface area contributed by atoms with Crippen LogP contribution in [0.2, 0.25) is 0 Å². The Morgan fingerprint density at radius 1 is 1.12 bits per heavy atom. The lowest BCUT2D eigenvalue weighted by Crippen LogP contribution is -2.52. The predicted molar refractivity (Wildman–Crippen MR) is 125 cm³/mol. The topological polar surface area (TPSA) is 68.9 Å². The van der Waals surface area contributed by atoms with Crippen LogP contribution < -0.4 is 10.2 Å². The maximum atomic E-state index is 14.7. The normalized spacial score (nSPS) is 14.7. The molecular weight excluding hydrogens is 407 g/mol. The number of halogens is 1.